The van der Waals surface area contributed by atoms with Crippen LogP contribution in [0.3, 0.4) is 0 Å². The van der Waals surface area contributed by atoms with Crippen molar-refractivity contribution in [2.45, 2.75) is 45.6 Å². The van der Waals surface area contributed by atoms with Crippen molar-refractivity contribution >= 4 is 10.9 Å². The van der Waals surface area contributed by atoms with Gasteiger partial charge in [0.05, 0.1) is 5.52 Å². The van der Waals surface area contributed by atoms with Gasteiger partial charge in [0.25, 0.3) is 0 Å². The number of benzene rings is 1. The van der Waals surface area contributed by atoms with E-state index in [-0.39, 0.29) is 0 Å². The number of aromatic nitrogens is 1. The minimum Gasteiger partial charge on any atom is -0.313 e. The summed E-state index contributed by atoms with van der Waals surface area (Å²) in [6, 6.07) is 11.3. The zero-order valence-corrected chi connectivity index (χ0v) is 13.4. The fraction of sp³-hybridized carbons (Fsp3) is 0.526. The van der Waals surface area contributed by atoms with Crippen LogP contribution < -0.4 is 5.32 Å². The lowest BCUT2D eigenvalue weighted by Crippen LogP contribution is -2.37. The summed E-state index contributed by atoms with van der Waals surface area (Å²) in [5.41, 5.74) is 2.90. The van der Waals surface area contributed by atoms with E-state index < -0.39 is 0 Å². The zero-order chi connectivity index (χ0) is 14.9. The Balaban J connectivity index is 1.97. The second-order valence-electron chi connectivity index (χ2n) is 7.06. The average Bonchev–Trinajstić information content (AvgIpc) is 2.49. The van der Waals surface area contributed by atoms with Crippen LogP contribution in [-0.4, -0.2) is 12.0 Å². The van der Waals surface area contributed by atoms with Crippen LogP contribution in [-0.2, 0) is 0 Å². The molecule has 1 aliphatic carbocycles. The molecule has 1 fully saturated rings. The smallest absolute Gasteiger partial charge is 0.0702 e. The van der Waals surface area contributed by atoms with Gasteiger partial charge in [0.15, 0.2) is 0 Å². The van der Waals surface area contributed by atoms with E-state index in [4.69, 9.17) is 0 Å². The number of fused-ring (bicyclic) bond motifs is 1. The lowest BCUT2D eigenvalue weighted by Gasteiger charge is -2.43. The van der Waals surface area contributed by atoms with Gasteiger partial charge in [-0.2, -0.15) is 0 Å². The fourth-order valence-electron chi connectivity index (χ4n) is 4.03. The number of pyridine rings is 1. The molecule has 112 valence electrons. The van der Waals surface area contributed by atoms with Gasteiger partial charge in [-0.1, -0.05) is 38.8 Å². The molecular formula is C19H26N2. The van der Waals surface area contributed by atoms with Crippen LogP contribution in [0, 0.1) is 11.3 Å². The molecule has 0 radical (unpaired) electrons. The summed E-state index contributed by atoms with van der Waals surface area (Å²) in [7, 11) is 2.10. The highest BCUT2D eigenvalue weighted by atomic mass is 14.9. The van der Waals surface area contributed by atoms with Crippen LogP contribution >= 0.6 is 0 Å². The first-order chi connectivity index (χ1) is 10.1. The molecule has 1 aromatic heterocycles. The normalized spacial score (nSPS) is 23.1. The molecule has 0 aliphatic heterocycles. The molecule has 0 saturated heterocycles. The Morgan fingerprint density at radius 1 is 1.24 bits per heavy atom. The Morgan fingerprint density at radius 2 is 2.10 bits per heavy atom. The number of hydrogen-bond donors (Lipinski definition) is 1. The summed E-state index contributed by atoms with van der Waals surface area (Å²) in [4.78, 5) is 4.43. The van der Waals surface area contributed by atoms with Crippen LogP contribution in [0.1, 0.15) is 51.1 Å². The highest BCUT2D eigenvalue weighted by Gasteiger charge is 2.37. The van der Waals surface area contributed by atoms with Gasteiger partial charge in [0, 0.05) is 17.6 Å². The van der Waals surface area contributed by atoms with Gasteiger partial charge in [-0.05, 0) is 55.0 Å². The number of nitrogens with zero attached hydrogens (tertiary/aromatic N) is 1. The molecule has 0 spiro atoms. The molecule has 1 heterocycles. The second-order valence-corrected chi connectivity index (χ2v) is 7.06. The summed E-state index contributed by atoms with van der Waals surface area (Å²) in [6.45, 7) is 4.87. The molecule has 2 heteroatoms. The first-order valence-corrected chi connectivity index (χ1v) is 8.14. The molecule has 21 heavy (non-hydrogen) atoms. The maximum Gasteiger partial charge on any atom is 0.0702 e. The van der Waals surface area contributed by atoms with E-state index in [0.29, 0.717) is 17.4 Å². The van der Waals surface area contributed by atoms with Crippen LogP contribution in [0.25, 0.3) is 10.9 Å². The maximum atomic E-state index is 4.43. The SMILES string of the molecule is CNC(c1ccc2ncccc2c1)C1CCCCC1(C)C. The molecular weight excluding hydrogens is 256 g/mol. The van der Waals surface area contributed by atoms with Crippen molar-refractivity contribution in [2.24, 2.45) is 11.3 Å². The number of hydrogen-bond acceptors (Lipinski definition) is 2. The van der Waals surface area contributed by atoms with E-state index in [0.717, 1.165) is 5.52 Å². The number of rotatable bonds is 3. The van der Waals surface area contributed by atoms with Gasteiger partial charge in [0.2, 0.25) is 0 Å². The lowest BCUT2D eigenvalue weighted by molar-refractivity contribution is 0.101. The van der Waals surface area contributed by atoms with E-state index in [1.165, 1.54) is 36.6 Å². The topological polar surface area (TPSA) is 24.9 Å². The minimum atomic E-state index is 0.413. The maximum absolute atomic E-state index is 4.43. The summed E-state index contributed by atoms with van der Waals surface area (Å²) in [6.07, 6.45) is 7.26. The largest absolute Gasteiger partial charge is 0.313 e. The van der Waals surface area contributed by atoms with Gasteiger partial charge < -0.3 is 5.32 Å². The lowest BCUT2D eigenvalue weighted by atomic mass is 9.65. The van der Waals surface area contributed by atoms with Gasteiger partial charge >= 0.3 is 0 Å². The second kappa shape index (κ2) is 5.76. The molecule has 3 rings (SSSR count). The van der Waals surface area contributed by atoms with Crippen LogP contribution in [0.4, 0.5) is 0 Å². The van der Waals surface area contributed by atoms with Crippen molar-refractivity contribution in [2.75, 3.05) is 7.05 Å². The monoisotopic (exact) mass is 282 g/mol. The Hall–Kier alpha value is -1.41. The standard InChI is InChI=1S/C19H26N2/c1-19(2)11-5-4-8-16(19)18(20-3)15-9-10-17-14(13-15)7-6-12-21-17/h6-7,9-10,12-13,16,18,20H,4-5,8,11H2,1-3H3. The predicted molar refractivity (Wildman–Crippen MR) is 89.3 cm³/mol. The molecule has 1 aliphatic rings. The molecule has 1 saturated carbocycles. The van der Waals surface area contributed by atoms with Gasteiger partial charge in [-0.3, -0.25) is 4.98 Å². The van der Waals surface area contributed by atoms with E-state index in [1.807, 2.05) is 12.3 Å². The summed E-state index contributed by atoms with van der Waals surface area (Å²) < 4.78 is 0. The Kier molecular flexibility index (Phi) is 3.99. The third-order valence-electron chi connectivity index (χ3n) is 5.29. The van der Waals surface area contributed by atoms with Crippen molar-refractivity contribution in [1.29, 1.82) is 0 Å². The van der Waals surface area contributed by atoms with Crippen molar-refractivity contribution in [3.8, 4) is 0 Å². The number of nitrogens with one attached hydrogen (secondary N) is 1. The Labute approximate surface area is 128 Å². The van der Waals surface area contributed by atoms with E-state index in [2.05, 4.69) is 55.5 Å². The Bertz CT molecular complexity index is 618. The summed E-state index contributed by atoms with van der Waals surface area (Å²) in [5, 5.41) is 4.83. The Morgan fingerprint density at radius 3 is 2.86 bits per heavy atom. The van der Waals surface area contributed by atoms with Gasteiger partial charge in [-0.15, -0.1) is 0 Å². The first kappa shape index (κ1) is 14.5. The minimum absolute atomic E-state index is 0.413. The highest BCUT2D eigenvalue weighted by Crippen LogP contribution is 2.46. The van der Waals surface area contributed by atoms with Crippen molar-refractivity contribution in [3.63, 3.8) is 0 Å². The van der Waals surface area contributed by atoms with E-state index >= 15 is 0 Å². The van der Waals surface area contributed by atoms with Crippen molar-refractivity contribution in [3.05, 3.63) is 42.1 Å². The predicted octanol–water partition coefficient (Wildman–Crippen LogP) is 4.71. The van der Waals surface area contributed by atoms with E-state index in [1.54, 1.807) is 0 Å². The fourth-order valence-corrected chi connectivity index (χ4v) is 4.03. The van der Waals surface area contributed by atoms with Crippen molar-refractivity contribution < 1.29 is 0 Å². The van der Waals surface area contributed by atoms with E-state index in [9.17, 15) is 0 Å². The van der Waals surface area contributed by atoms with Crippen molar-refractivity contribution in [1.82, 2.24) is 10.3 Å². The average molecular weight is 282 g/mol. The third-order valence-corrected chi connectivity index (χ3v) is 5.29. The molecule has 2 nitrogen and oxygen atoms in total. The molecule has 2 unspecified atom stereocenters. The summed E-state index contributed by atoms with van der Waals surface area (Å²) >= 11 is 0. The molecule has 0 amide bonds. The van der Waals surface area contributed by atoms with Gasteiger partial charge in [-0.25, -0.2) is 0 Å². The first-order valence-electron chi connectivity index (χ1n) is 8.14. The highest BCUT2D eigenvalue weighted by molar-refractivity contribution is 5.79. The zero-order valence-electron chi connectivity index (χ0n) is 13.4. The van der Waals surface area contributed by atoms with Gasteiger partial charge in [0.1, 0.15) is 0 Å². The molecule has 1 N–H and O–H groups in total. The quantitative estimate of drug-likeness (QED) is 0.881. The van der Waals surface area contributed by atoms with Crippen LogP contribution in [0.2, 0.25) is 0 Å². The molecule has 2 atom stereocenters. The molecule has 1 aromatic carbocycles. The van der Waals surface area contributed by atoms with Crippen LogP contribution in [0.5, 0.6) is 0 Å². The summed E-state index contributed by atoms with van der Waals surface area (Å²) in [5.74, 6) is 0.699. The molecule has 0 bridgehead atoms. The molecule has 2 aromatic rings. The third kappa shape index (κ3) is 2.82. The van der Waals surface area contributed by atoms with Crippen LogP contribution in [0.15, 0.2) is 36.5 Å².